The highest BCUT2D eigenvalue weighted by Gasteiger charge is 2.18. The summed E-state index contributed by atoms with van der Waals surface area (Å²) in [6.45, 7) is 6.97. The number of allylic oxidation sites excluding steroid dienone is 3. The van der Waals surface area contributed by atoms with Crippen LogP contribution in [0.25, 0.3) is 5.70 Å². The van der Waals surface area contributed by atoms with Crippen LogP contribution in [0.1, 0.15) is 18.1 Å². The predicted octanol–water partition coefficient (Wildman–Crippen LogP) is 3.42. The van der Waals surface area contributed by atoms with Gasteiger partial charge >= 0.3 is 0 Å². The van der Waals surface area contributed by atoms with E-state index >= 15 is 0 Å². The second kappa shape index (κ2) is 5.34. The fraction of sp³-hybridized carbons (Fsp3) is 0.111. The summed E-state index contributed by atoms with van der Waals surface area (Å²) >= 11 is 0. The summed E-state index contributed by atoms with van der Waals surface area (Å²) in [5.41, 5.74) is 4.76. The third kappa shape index (κ3) is 2.32. The van der Waals surface area contributed by atoms with E-state index in [4.69, 9.17) is 12.8 Å². The van der Waals surface area contributed by atoms with Gasteiger partial charge < -0.3 is 4.90 Å². The molecule has 0 aromatic heterocycles. The van der Waals surface area contributed by atoms with Crippen molar-refractivity contribution < 1.29 is 0 Å². The maximum absolute atomic E-state index is 5.48. The predicted molar refractivity (Wildman–Crippen MR) is 80.8 cm³/mol. The molecule has 0 saturated carbocycles. The molecular formula is C18H15N. The zero-order valence-corrected chi connectivity index (χ0v) is 11.0. The smallest absolute Gasteiger partial charge is 0.0496 e. The molecule has 19 heavy (non-hydrogen) atoms. The summed E-state index contributed by atoms with van der Waals surface area (Å²) in [5, 5.41) is 0. The lowest BCUT2D eigenvalue weighted by atomic mass is 10.0. The van der Waals surface area contributed by atoms with E-state index in [-0.39, 0.29) is 0 Å². The fourth-order valence-corrected chi connectivity index (χ4v) is 2.12. The first-order chi connectivity index (χ1) is 9.21. The topological polar surface area (TPSA) is 3.24 Å². The molecule has 0 atom stereocenters. The van der Waals surface area contributed by atoms with Gasteiger partial charge in [0.25, 0.3) is 0 Å². The van der Waals surface area contributed by atoms with Gasteiger partial charge in [-0.25, -0.2) is 0 Å². The number of rotatable bonds is 2. The first-order valence-corrected chi connectivity index (χ1v) is 6.13. The molecule has 92 valence electrons. The summed E-state index contributed by atoms with van der Waals surface area (Å²) in [6.07, 6.45) is 14.8. The van der Waals surface area contributed by atoms with Crippen LogP contribution in [0.3, 0.4) is 0 Å². The lowest BCUT2D eigenvalue weighted by Crippen LogP contribution is -2.23. The van der Waals surface area contributed by atoms with Gasteiger partial charge in [0.15, 0.2) is 0 Å². The van der Waals surface area contributed by atoms with E-state index in [1.54, 1.807) is 0 Å². The Morgan fingerprint density at radius 2 is 1.79 bits per heavy atom. The lowest BCUT2D eigenvalue weighted by Gasteiger charge is -2.30. The maximum atomic E-state index is 5.48. The summed E-state index contributed by atoms with van der Waals surface area (Å²) in [7, 11) is 0. The molecule has 0 N–H and O–H groups in total. The minimum absolute atomic E-state index is 0.820. The van der Waals surface area contributed by atoms with Crippen LogP contribution >= 0.6 is 0 Å². The van der Waals surface area contributed by atoms with Crippen LogP contribution in [-0.4, -0.2) is 11.4 Å². The van der Waals surface area contributed by atoms with Gasteiger partial charge in [0.05, 0.1) is 0 Å². The Kier molecular flexibility index (Phi) is 3.60. The molecule has 0 aliphatic carbocycles. The van der Waals surface area contributed by atoms with Gasteiger partial charge in [-0.05, 0) is 36.8 Å². The first-order valence-electron chi connectivity index (χ1n) is 6.13. The van der Waals surface area contributed by atoms with Crippen molar-refractivity contribution in [1.29, 1.82) is 0 Å². The standard InChI is InChI=1S/C18H15N/c1-5-15-8-10-17(11-9-15)18-13-12-16(6-2)14(4)19(18)7-3/h1-2,8-13H,4,7H2,3H3. The quantitative estimate of drug-likeness (QED) is 0.722. The van der Waals surface area contributed by atoms with Crippen LogP contribution in [0, 0.1) is 24.7 Å². The SMILES string of the molecule is C#CC1=CC=C(c2ccc(C#C)cc2)N(CC)C1=C. The molecule has 1 aliphatic rings. The van der Waals surface area contributed by atoms with Crippen LogP contribution in [0.15, 0.2) is 54.3 Å². The van der Waals surface area contributed by atoms with Gasteiger partial charge in [0, 0.05) is 29.1 Å². The molecule has 1 aromatic rings. The lowest BCUT2D eigenvalue weighted by molar-refractivity contribution is 0.526. The molecule has 0 unspecified atom stereocenters. The third-order valence-corrected chi connectivity index (χ3v) is 3.15. The zero-order chi connectivity index (χ0) is 13.8. The Morgan fingerprint density at radius 3 is 2.32 bits per heavy atom. The van der Waals surface area contributed by atoms with Crippen molar-refractivity contribution in [2.45, 2.75) is 6.92 Å². The number of benzene rings is 1. The van der Waals surface area contributed by atoms with E-state index < -0.39 is 0 Å². The molecule has 0 amide bonds. The highest BCUT2D eigenvalue weighted by atomic mass is 15.1. The normalized spacial score (nSPS) is 14.3. The molecule has 1 heteroatoms. The Bertz CT molecular complexity index is 642. The van der Waals surface area contributed by atoms with Gasteiger partial charge in [0.1, 0.15) is 0 Å². The highest BCUT2D eigenvalue weighted by molar-refractivity contribution is 5.72. The van der Waals surface area contributed by atoms with E-state index in [9.17, 15) is 0 Å². The molecule has 1 aliphatic heterocycles. The number of nitrogens with zero attached hydrogens (tertiary/aromatic N) is 1. The molecule has 0 fully saturated rings. The number of terminal acetylenes is 2. The highest BCUT2D eigenvalue weighted by Crippen LogP contribution is 2.30. The van der Waals surface area contributed by atoms with Crippen LogP contribution < -0.4 is 0 Å². The molecule has 1 nitrogen and oxygen atoms in total. The van der Waals surface area contributed by atoms with Crippen LogP contribution in [0.4, 0.5) is 0 Å². The van der Waals surface area contributed by atoms with E-state index in [1.807, 2.05) is 36.4 Å². The fourth-order valence-electron chi connectivity index (χ4n) is 2.12. The Labute approximate surface area is 114 Å². The molecule has 1 aromatic carbocycles. The summed E-state index contributed by atoms with van der Waals surface area (Å²) < 4.78 is 0. The molecule has 0 spiro atoms. The molecule has 1 heterocycles. The van der Waals surface area contributed by atoms with Crippen molar-refractivity contribution in [2.24, 2.45) is 0 Å². The van der Waals surface area contributed by atoms with E-state index in [0.717, 1.165) is 34.6 Å². The monoisotopic (exact) mass is 245 g/mol. The number of hydrogen-bond donors (Lipinski definition) is 0. The maximum Gasteiger partial charge on any atom is 0.0496 e. The second-order valence-corrected chi connectivity index (χ2v) is 4.19. The molecular weight excluding hydrogens is 230 g/mol. The molecule has 0 radical (unpaired) electrons. The van der Waals surface area contributed by atoms with E-state index in [1.165, 1.54) is 0 Å². The van der Waals surface area contributed by atoms with Gasteiger partial charge in [-0.1, -0.05) is 30.6 Å². The Morgan fingerprint density at radius 1 is 1.11 bits per heavy atom. The zero-order valence-electron chi connectivity index (χ0n) is 11.0. The minimum atomic E-state index is 0.820. The molecule has 0 saturated heterocycles. The van der Waals surface area contributed by atoms with Crippen LogP contribution in [0.5, 0.6) is 0 Å². The van der Waals surface area contributed by atoms with Crippen molar-refractivity contribution in [3.8, 4) is 24.7 Å². The largest absolute Gasteiger partial charge is 0.341 e. The average molecular weight is 245 g/mol. The van der Waals surface area contributed by atoms with Crippen LogP contribution in [-0.2, 0) is 0 Å². The Hall–Kier alpha value is -2.64. The third-order valence-electron chi connectivity index (χ3n) is 3.15. The van der Waals surface area contributed by atoms with Gasteiger partial charge in [0.2, 0.25) is 0 Å². The first kappa shape index (κ1) is 12.8. The number of hydrogen-bond acceptors (Lipinski definition) is 1. The Balaban J connectivity index is 2.45. The van der Waals surface area contributed by atoms with Crippen molar-refractivity contribution >= 4 is 5.70 Å². The van der Waals surface area contributed by atoms with Crippen molar-refractivity contribution in [3.05, 3.63) is 65.4 Å². The average Bonchev–Trinajstić information content (AvgIpc) is 2.47. The van der Waals surface area contributed by atoms with Gasteiger partial charge in [-0.2, -0.15) is 0 Å². The van der Waals surface area contributed by atoms with Crippen molar-refractivity contribution in [2.75, 3.05) is 6.54 Å². The number of likely N-dealkylation sites (N-methyl/N-ethyl adjacent to an activating group) is 1. The molecule has 2 rings (SSSR count). The molecule has 0 bridgehead atoms. The minimum Gasteiger partial charge on any atom is -0.341 e. The van der Waals surface area contributed by atoms with Crippen molar-refractivity contribution in [1.82, 2.24) is 4.90 Å². The summed E-state index contributed by atoms with van der Waals surface area (Å²) in [4.78, 5) is 2.11. The van der Waals surface area contributed by atoms with Crippen LogP contribution in [0.2, 0.25) is 0 Å². The van der Waals surface area contributed by atoms with E-state index in [2.05, 4.69) is 30.2 Å². The van der Waals surface area contributed by atoms with Gasteiger partial charge in [-0.15, -0.1) is 12.8 Å². The summed E-state index contributed by atoms with van der Waals surface area (Å²) in [5.74, 6) is 5.28. The second-order valence-electron chi connectivity index (χ2n) is 4.19. The van der Waals surface area contributed by atoms with E-state index in [0.29, 0.717) is 0 Å². The summed E-state index contributed by atoms with van der Waals surface area (Å²) in [6, 6.07) is 7.91. The van der Waals surface area contributed by atoms with Crippen molar-refractivity contribution in [3.63, 3.8) is 0 Å². The van der Waals surface area contributed by atoms with Gasteiger partial charge in [-0.3, -0.25) is 0 Å².